The van der Waals surface area contributed by atoms with Crippen molar-refractivity contribution in [3.05, 3.63) is 22.7 Å². The van der Waals surface area contributed by atoms with Crippen molar-refractivity contribution in [3.63, 3.8) is 0 Å². The molecule has 0 saturated heterocycles. The monoisotopic (exact) mass is 224 g/mol. The van der Waals surface area contributed by atoms with Gasteiger partial charge in [0.2, 0.25) is 23.1 Å². The van der Waals surface area contributed by atoms with Crippen molar-refractivity contribution in [2.75, 3.05) is 14.2 Å². The molecular formula is C12H16O4. The highest BCUT2D eigenvalue weighted by atomic mass is 16.5. The fraction of sp³-hybridized carbons (Fsp3) is 0.500. The Hall–Kier alpha value is -1.58. The van der Waals surface area contributed by atoms with E-state index in [0.717, 1.165) is 0 Å². The van der Waals surface area contributed by atoms with Crippen molar-refractivity contribution in [1.29, 1.82) is 0 Å². The van der Waals surface area contributed by atoms with Gasteiger partial charge in [0.1, 0.15) is 0 Å². The summed E-state index contributed by atoms with van der Waals surface area (Å²) in [4.78, 5) is 24.0. The third-order valence-corrected chi connectivity index (χ3v) is 2.59. The van der Waals surface area contributed by atoms with E-state index in [0.29, 0.717) is 11.1 Å². The van der Waals surface area contributed by atoms with E-state index in [9.17, 15) is 9.59 Å². The smallest absolute Gasteiger partial charge is 0.228 e. The molecule has 1 rings (SSSR count). The standard InChI is InChI=1S/C12H16O4/c1-6(2)8-7(3)9(13)11(15-4)12(16-5)10(8)14/h6H,1-5H3. The minimum atomic E-state index is -0.275. The second-order valence-electron chi connectivity index (χ2n) is 3.92. The molecule has 0 spiro atoms. The first-order valence-electron chi connectivity index (χ1n) is 5.08. The second kappa shape index (κ2) is 4.51. The largest absolute Gasteiger partial charge is 0.489 e. The van der Waals surface area contributed by atoms with Crippen LogP contribution in [0.3, 0.4) is 0 Å². The lowest BCUT2D eigenvalue weighted by Gasteiger charge is -2.22. The summed E-state index contributed by atoms with van der Waals surface area (Å²) in [5.41, 5.74) is 0.945. The van der Waals surface area contributed by atoms with Gasteiger partial charge in [0, 0.05) is 11.1 Å². The van der Waals surface area contributed by atoms with Gasteiger partial charge in [-0.1, -0.05) is 13.8 Å². The number of methoxy groups -OCH3 is 2. The fourth-order valence-corrected chi connectivity index (χ4v) is 1.86. The summed E-state index contributed by atoms with van der Waals surface area (Å²) in [5, 5.41) is 0. The second-order valence-corrected chi connectivity index (χ2v) is 3.92. The number of hydrogen-bond acceptors (Lipinski definition) is 4. The first-order valence-corrected chi connectivity index (χ1v) is 5.08. The Morgan fingerprint density at radius 2 is 1.38 bits per heavy atom. The summed E-state index contributed by atoms with van der Waals surface area (Å²) in [6.07, 6.45) is 0. The zero-order valence-electron chi connectivity index (χ0n) is 10.2. The third-order valence-electron chi connectivity index (χ3n) is 2.59. The quantitative estimate of drug-likeness (QED) is 0.683. The van der Waals surface area contributed by atoms with Crippen LogP contribution in [0.2, 0.25) is 0 Å². The molecule has 0 fully saturated rings. The average molecular weight is 224 g/mol. The molecule has 4 nitrogen and oxygen atoms in total. The summed E-state index contributed by atoms with van der Waals surface area (Å²) in [6.45, 7) is 5.38. The van der Waals surface area contributed by atoms with Crippen LogP contribution in [0.1, 0.15) is 20.8 Å². The number of ketones is 2. The van der Waals surface area contributed by atoms with Gasteiger partial charge in [0.05, 0.1) is 14.2 Å². The van der Waals surface area contributed by atoms with Crippen molar-refractivity contribution in [2.45, 2.75) is 20.8 Å². The number of Topliss-reactive ketones (excluding diaryl/α,β-unsaturated/α-hetero) is 2. The van der Waals surface area contributed by atoms with E-state index in [-0.39, 0.29) is 29.0 Å². The Balaban J connectivity index is 3.36. The number of allylic oxidation sites excluding steroid dienone is 2. The van der Waals surface area contributed by atoms with Gasteiger partial charge in [-0.3, -0.25) is 9.59 Å². The summed E-state index contributed by atoms with van der Waals surface area (Å²) >= 11 is 0. The topological polar surface area (TPSA) is 52.6 Å². The SMILES string of the molecule is COC1=C(OC)C(=O)C(C(C)C)=C(C)C1=O. The molecule has 0 N–H and O–H groups in total. The van der Waals surface area contributed by atoms with E-state index < -0.39 is 0 Å². The van der Waals surface area contributed by atoms with Gasteiger partial charge < -0.3 is 9.47 Å². The van der Waals surface area contributed by atoms with Gasteiger partial charge in [0.15, 0.2) is 0 Å². The number of hydrogen-bond donors (Lipinski definition) is 0. The summed E-state index contributed by atoms with van der Waals surface area (Å²) in [5.74, 6) is -0.551. The van der Waals surface area contributed by atoms with E-state index in [4.69, 9.17) is 9.47 Å². The zero-order valence-corrected chi connectivity index (χ0v) is 10.2. The fourth-order valence-electron chi connectivity index (χ4n) is 1.86. The maximum atomic E-state index is 12.1. The third kappa shape index (κ3) is 1.75. The van der Waals surface area contributed by atoms with E-state index >= 15 is 0 Å². The van der Waals surface area contributed by atoms with Crippen LogP contribution in [-0.2, 0) is 19.1 Å². The highest BCUT2D eigenvalue weighted by Crippen LogP contribution is 2.29. The lowest BCUT2D eigenvalue weighted by atomic mass is 9.86. The van der Waals surface area contributed by atoms with Crippen LogP contribution in [0.5, 0.6) is 0 Å². The molecule has 0 atom stereocenters. The van der Waals surface area contributed by atoms with Gasteiger partial charge in [-0.15, -0.1) is 0 Å². The molecule has 0 aromatic rings. The van der Waals surface area contributed by atoms with Crippen LogP contribution in [0.25, 0.3) is 0 Å². The molecule has 0 bridgehead atoms. The predicted molar refractivity (Wildman–Crippen MR) is 58.6 cm³/mol. The number of ether oxygens (including phenoxy) is 2. The van der Waals surface area contributed by atoms with Gasteiger partial charge in [-0.05, 0) is 12.8 Å². The molecule has 0 aliphatic heterocycles. The van der Waals surface area contributed by atoms with Crippen LogP contribution in [0, 0.1) is 5.92 Å². The van der Waals surface area contributed by atoms with E-state index in [2.05, 4.69) is 0 Å². The van der Waals surface area contributed by atoms with Crippen LogP contribution < -0.4 is 0 Å². The molecule has 88 valence electrons. The Morgan fingerprint density at radius 1 is 0.938 bits per heavy atom. The molecule has 0 heterocycles. The molecule has 0 saturated carbocycles. The molecule has 0 radical (unpaired) electrons. The Labute approximate surface area is 94.9 Å². The zero-order chi connectivity index (χ0) is 12.5. The maximum Gasteiger partial charge on any atom is 0.228 e. The van der Waals surface area contributed by atoms with Gasteiger partial charge in [-0.25, -0.2) is 0 Å². The number of rotatable bonds is 3. The normalized spacial score (nSPS) is 17.4. The van der Waals surface area contributed by atoms with Crippen molar-refractivity contribution in [1.82, 2.24) is 0 Å². The maximum absolute atomic E-state index is 12.1. The Bertz CT molecular complexity index is 399. The summed E-state index contributed by atoms with van der Waals surface area (Å²) in [7, 11) is 2.71. The van der Waals surface area contributed by atoms with Crippen molar-refractivity contribution in [2.24, 2.45) is 5.92 Å². The van der Waals surface area contributed by atoms with Crippen molar-refractivity contribution < 1.29 is 19.1 Å². The Morgan fingerprint density at radius 3 is 1.75 bits per heavy atom. The highest BCUT2D eigenvalue weighted by molar-refractivity contribution is 6.23. The van der Waals surface area contributed by atoms with Gasteiger partial charge in [-0.2, -0.15) is 0 Å². The minimum absolute atomic E-state index is 0.00167. The lowest BCUT2D eigenvalue weighted by Crippen LogP contribution is -2.27. The van der Waals surface area contributed by atoms with Gasteiger partial charge >= 0.3 is 0 Å². The van der Waals surface area contributed by atoms with Crippen LogP contribution in [0.15, 0.2) is 22.7 Å². The highest BCUT2D eigenvalue weighted by Gasteiger charge is 2.35. The molecular weight excluding hydrogens is 208 g/mol. The predicted octanol–water partition coefficient (Wildman–Crippen LogP) is 1.62. The van der Waals surface area contributed by atoms with E-state index in [1.165, 1.54) is 14.2 Å². The van der Waals surface area contributed by atoms with Crippen molar-refractivity contribution >= 4 is 11.6 Å². The molecule has 0 aromatic heterocycles. The van der Waals surface area contributed by atoms with Crippen molar-refractivity contribution in [3.8, 4) is 0 Å². The molecule has 4 heteroatoms. The molecule has 16 heavy (non-hydrogen) atoms. The molecule has 0 amide bonds. The molecule has 1 aliphatic carbocycles. The number of carbonyl (C=O) groups excluding carboxylic acids is 2. The first-order chi connectivity index (χ1) is 7.45. The van der Waals surface area contributed by atoms with Crippen LogP contribution in [0.4, 0.5) is 0 Å². The van der Waals surface area contributed by atoms with Gasteiger partial charge in [0.25, 0.3) is 0 Å². The minimum Gasteiger partial charge on any atom is -0.489 e. The Kier molecular flexibility index (Phi) is 3.52. The molecule has 1 aliphatic rings. The lowest BCUT2D eigenvalue weighted by molar-refractivity contribution is -0.121. The first kappa shape index (κ1) is 12.5. The summed E-state index contributed by atoms with van der Waals surface area (Å²) in [6, 6.07) is 0. The molecule has 0 unspecified atom stereocenters. The van der Waals surface area contributed by atoms with E-state index in [1.807, 2.05) is 13.8 Å². The number of carbonyl (C=O) groups is 2. The van der Waals surface area contributed by atoms with Crippen LogP contribution >= 0.6 is 0 Å². The molecule has 0 aromatic carbocycles. The average Bonchev–Trinajstić information content (AvgIpc) is 2.22. The summed E-state index contributed by atoms with van der Waals surface area (Å²) < 4.78 is 9.88. The van der Waals surface area contributed by atoms with Crippen LogP contribution in [-0.4, -0.2) is 25.8 Å². The van der Waals surface area contributed by atoms with E-state index in [1.54, 1.807) is 6.92 Å².